The molecule has 4 heteroatoms. The van der Waals surface area contributed by atoms with Gasteiger partial charge in [0, 0.05) is 5.69 Å². The molecule has 0 aliphatic rings. The maximum atomic E-state index is 6.07. The van der Waals surface area contributed by atoms with Crippen molar-refractivity contribution in [1.82, 2.24) is 9.97 Å². The van der Waals surface area contributed by atoms with Crippen molar-refractivity contribution in [1.29, 1.82) is 0 Å². The van der Waals surface area contributed by atoms with Gasteiger partial charge in [-0.25, -0.2) is 4.98 Å². The summed E-state index contributed by atoms with van der Waals surface area (Å²) in [6, 6.07) is 3.64. The van der Waals surface area contributed by atoms with Crippen molar-refractivity contribution >= 4 is 11.2 Å². The summed E-state index contributed by atoms with van der Waals surface area (Å²) in [6.07, 6.45) is 1.01. The molecule has 0 fully saturated rings. The molecule has 0 bridgehead atoms. The lowest BCUT2D eigenvalue weighted by Crippen LogP contribution is -2.18. The summed E-state index contributed by atoms with van der Waals surface area (Å²) < 4.78 is 5.61. The van der Waals surface area contributed by atoms with E-state index in [0.29, 0.717) is 23.0 Å². The van der Waals surface area contributed by atoms with Crippen LogP contribution in [-0.2, 0) is 0 Å². The van der Waals surface area contributed by atoms with Crippen LogP contribution < -0.4 is 5.73 Å². The van der Waals surface area contributed by atoms with Crippen LogP contribution in [0.3, 0.4) is 0 Å². The van der Waals surface area contributed by atoms with Crippen molar-refractivity contribution in [2.75, 3.05) is 0 Å². The Balaban J connectivity index is 2.39. The maximum Gasteiger partial charge on any atom is 0.214 e. The van der Waals surface area contributed by atoms with Crippen LogP contribution in [0.5, 0.6) is 0 Å². The van der Waals surface area contributed by atoms with Crippen molar-refractivity contribution in [2.24, 2.45) is 11.7 Å². The second-order valence-corrected chi connectivity index (χ2v) is 4.24. The Morgan fingerprint density at radius 1 is 1.38 bits per heavy atom. The van der Waals surface area contributed by atoms with E-state index in [0.717, 1.165) is 12.1 Å². The molecule has 0 saturated heterocycles. The largest absolute Gasteiger partial charge is 0.437 e. The van der Waals surface area contributed by atoms with E-state index in [-0.39, 0.29) is 6.04 Å². The summed E-state index contributed by atoms with van der Waals surface area (Å²) in [5, 5.41) is 0. The zero-order valence-electron chi connectivity index (χ0n) is 9.90. The molecule has 0 radical (unpaired) electrons. The third-order valence-corrected chi connectivity index (χ3v) is 2.95. The second-order valence-electron chi connectivity index (χ2n) is 4.24. The molecule has 0 aromatic carbocycles. The van der Waals surface area contributed by atoms with E-state index in [1.807, 2.05) is 19.1 Å². The lowest BCUT2D eigenvalue weighted by Gasteiger charge is -2.13. The Morgan fingerprint density at radius 3 is 2.81 bits per heavy atom. The average molecular weight is 219 g/mol. The van der Waals surface area contributed by atoms with E-state index in [1.54, 1.807) is 0 Å². The van der Waals surface area contributed by atoms with Gasteiger partial charge < -0.3 is 10.2 Å². The zero-order valence-corrected chi connectivity index (χ0v) is 9.90. The number of aryl methyl sites for hydroxylation is 1. The Kier molecular flexibility index (Phi) is 2.92. The number of oxazole rings is 1. The van der Waals surface area contributed by atoms with Crippen molar-refractivity contribution in [3.8, 4) is 0 Å². The van der Waals surface area contributed by atoms with Crippen LogP contribution in [0, 0.1) is 12.8 Å². The average Bonchev–Trinajstić information content (AvgIpc) is 2.69. The van der Waals surface area contributed by atoms with Gasteiger partial charge in [-0.15, -0.1) is 0 Å². The van der Waals surface area contributed by atoms with Gasteiger partial charge in [0.2, 0.25) is 5.89 Å². The molecule has 86 valence electrons. The van der Waals surface area contributed by atoms with E-state index < -0.39 is 0 Å². The van der Waals surface area contributed by atoms with Gasteiger partial charge in [0.05, 0.1) is 6.04 Å². The quantitative estimate of drug-likeness (QED) is 0.861. The molecule has 0 aliphatic heterocycles. The fourth-order valence-electron chi connectivity index (χ4n) is 1.57. The van der Waals surface area contributed by atoms with Crippen LogP contribution in [0.15, 0.2) is 16.5 Å². The first kappa shape index (κ1) is 11.1. The smallest absolute Gasteiger partial charge is 0.214 e. The van der Waals surface area contributed by atoms with Crippen LogP contribution >= 0.6 is 0 Å². The Morgan fingerprint density at radius 2 is 2.12 bits per heavy atom. The summed E-state index contributed by atoms with van der Waals surface area (Å²) in [4.78, 5) is 8.64. The SMILES string of the molecule is CCC(C)C(N)c1nc2nc(C)ccc2o1. The van der Waals surface area contributed by atoms with Gasteiger partial charge >= 0.3 is 0 Å². The molecule has 0 aliphatic carbocycles. The fraction of sp³-hybridized carbons (Fsp3) is 0.500. The fourth-order valence-corrected chi connectivity index (χ4v) is 1.57. The molecule has 2 atom stereocenters. The Bertz CT molecular complexity index is 492. The summed E-state index contributed by atoms with van der Waals surface area (Å²) in [6.45, 7) is 6.14. The van der Waals surface area contributed by atoms with E-state index >= 15 is 0 Å². The van der Waals surface area contributed by atoms with Crippen molar-refractivity contribution in [3.63, 3.8) is 0 Å². The maximum absolute atomic E-state index is 6.07. The van der Waals surface area contributed by atoms with E-state index in [2.05, 4.69) is 23.8 Å². The number of nitrogens with zero attached hydrogens (tertiary/aromatic N) is 2. The Labute approximate surface area is 94.9 Å². The number of hydrogen-bond acceptors (Lipinski definition) is 4. The van der Waals surface area contributed by atoms with Crippen molar-refractivity contribution < 1.29 is 4.42 Å². The number of fused-ring (bicyclic) bond motifs is 1. The number of rotatable bonds is 3. The molecule has 4 nitrogen and oxygen atoms in total. The highest BCUT2D eigenvalue weighted by atomic mass is 16.3. The van der Waals surface area contributed by atoms with E-state index in [1.165, 1.54) is 0 Å². The summed E-state index contributed by atoms with van der Waals surface area (Å²) in [5.74, 6) is 0.941. The first-order valence-corrected chi connectivity index (χ1v) is 5.61. The molecular formula is C12H17N3O. The monoisotopic (exact) mass is 219 g/mol. The molecule has 2 heterocycles. The topological polar surface area (TPSA) is 64.9 Å². The predicted octanol–water partition coefficient (Wildman–Crippen LogP) is 2.58. The molecule has 2 rings (SSSR count). The molecule has 0 amide bonds. The van der Waals surface area contributed by atoms with Crippen LogP contribution in [-0.4, -0.2) is 9.97 Å². The molecule has 0 spiro atoms. The number of aromatic nitrogens is 2. The highest BCUT2D eigenvalue weighted by molar-refractivity contribution is 5.67. The molecule has 2 N–H and O–H groups in total. The minimum absolute atomic E-state index is 0.153. The highest BCUT2D eigenvalue weighted by Crippen LogP contribution is 2.24. The van der Waals surface area contributed by atoms with E-state index in [4.69, 9.17) is 10.2 Å². The zero-order chi connectivity index (χ0) is 11.7. The summed E-state index contributed by atoms with van der Waals surface area (Å²) >= 11 is 0. The van der Waals surface area contributed by atoms with Crippen LogP contribution in [0.2, 0.25) is 0 Å². The minimum Gasteiger partial charge on any atom is -0.437 e. The molecule has 2 aromatic heterocycles. The first-order valence-electron chi connectivity index (χ1n) is 5.61. The van der Waals surface area contributed by atoms with Crippen molar-refractivity contribution in [2.45, 2.75) is 33.2 Å². The number of nitrogens with two attached hydrogens (primary N) is 1. The third kappa shape index (κ3) is 1.93. The normalized spacial score (nSPS) is 15.2. The first-order chi connectivity index (χ1) is 7.61. The molecule has 2 aromatic rings. The van der Waals surface area contributed by atoms with Gasteiger partial charge in [-0.3, -0.25) is 0 Å². The number of hydrogen-bond donors (Lipinski definition) is 1. The lowest BCUT2D eigenvalue weighted by atomic mass is 10.0. The summed E-state index contributed by atoms with van der Waals surface area (Å²) in [5.41, 5.74) is 8.36. The highest BCUT2D eigenvalue weighted by Gasteiger charge is 2.19. The molecular weight excluding hydrogens is 202 g/mol. The van der Waals surface area contributed by atoms with Crippen LogP contribution in [0.4, 0.5) is 0 Å². The van der Waals surface area contributed by atoms with Crippen LogP contribution in [0.1, 0.15) is 37.9 Å². The molecule has 2 unspecified atom stereocenters. The number of pyridine rings is 1. The van der Waals surface area contributed by atoms with E-state index in [9.17, 15) is 0 Å². The van der Waals surface area contributed by atoms with Gasteiger partial charge in [0.1, 0.15) is 0 Å². The van der Waals surface area contributed by atoms with Gasteiger partial charge in [0.25, 0.3) is 0 Å². The van der Waals surface area contributed by atoms with Gasteiger partial charge in [0.15, 0.2) is 11.2 Å². The second kappa shape index (κ2) is 4.22. The Hall–Kier alpha value is -1.42. The third-order valence-electron chi connectivity index (χ3n) is 2.95. The van der Waals surface area contributed by atoms with Gasteiger partial charge in [-0.05, 0) is 25.0 Å². The van der Waals surface area contributed by atoms with Gasteiger partial charge in [-0.2, -0.15) is 4.98 Å². The van der Waals surface area contributed by atoms with Gasteiger partial charge in [-0.1, -0.05) is 20.3 Å². The molecule has 0 saturated carbocycles. The van der Waals surface area contributed by atoms with Crippen LogP contribution in [0.25, 0.3) is 11.2 Å². The molecule has 16 heavy (non-hydrogen) atoms. The summed E-state index contributed by atoms with van der Waals surface area (Å²) in [7, 11) is 0. The predicted molar refractivity (Wildman–Crippen MR) is 62.9 cm³/mol. The standard InChI is InChI=1S/C12H17N3O/c1-4-7(2)10(13)12-15-11-9(16-12)6-5-8(3)14-11/h5-7,10H,4,13H2,1-3H3. The van der Waals surface area contributed by atoms with Crippen molar-refractivity contribution in [3.05, 3.63) is 23.7 Å². The lowest BCUT2D eigenvalue weighted by molar-refractivity contribution is 0.375. The minimum atomic E-state index is -0.153.